The molecule has 0 saturated carbocycles. The monoisotopic (exact) mass is 284 g/mol. The molecule has 0 unspecified atom stereocenters. The smallest absolute Gasteiger partial charge is 0.221 e. The Kier molecular flexibility index (Phi) is 10.8. The average Bonchev–Trinajstić information content (AvgIpc) is 2.38. The number of carbonyl (C=O) groups excluding carboxylic acids is 1. The van der Waals surface area contributed by atoms with Crippen molar-refractivity contribution in [2.24, 2.45) is 10.9 Å². The van der Waals surface area contributed by atoms with Crippen molar-refractivity contribution in [1.29, 1.82) is 0 Å². The first-order valence-electron chi connectivity index (χ1n) is 7.84. The molecule has 0 rings (SSSR count). The Balaban J connectivity index is 4.13. The van der Waals surface area contributed by atoms with Gasteiger partial charge in [0, 0.05) is 32.1 Å². The summed E-state index contributed by atoms with van der Waals surface area (Å²) in [5, 5.41) is 9.29. The standard InChI is InChI=1S/C15H32N4O/c1-6-13(7-2)11-18-15(16-8-3)17-10-9-14(20)19-12(4)5/h12-13H,6-11H2,1-5H3,(H,19,20)(H2,16,17,18). The lowest BCUT2D eigenvalue weighted by Crippen LogP contribution is -2.40. The first-order valence-corrected chi connectivity index (χ1v) is 7.84. The van der Waals surface area contributed by atoms with Crippen molar-refractivity contribution in [3.63, 3.8) is 0 Å². The molecule has 0 spiro atoms. The zero-order valence-corrected chi connectivity index (χ0v) is 13.8. The van der Waals surface area contributed by atoms with Crippen LogP contribution >= 0.6 is 0 Å². The molecule has 5 nitrogen and oxygen atoms in total. The number of amides is 1. The second-order valence-corrected chi connectivity index (χ2v) is 5.30. The minimum atomic E-state index is 0.0725. The summed E-state index contributed by atoms with van der Waals surface area (Å²) in [4.78, 5) is 16.1. The maximum absolute atomic E-state index is 11.5. The fourth-order valence-electron chi connectivity index (χ4n) is 1.80. The van der Waals surface area contributed by atoms with Gasteiger partial charge in [-0.1, -0.05) is 26.7 Å². The molecule has 0 aromatic rings. The Hall–Kier alpha value is -1.26. The highest BCUT2D eigenvalue weighted by Crippen LogP contribution is 2.06. The molecule has 0 aliphatic heterocycles. The zero-order chi connectivity index (χ0) is 15.4. The third-order valence-corrected chi connectivity index (χ3v) is 3.10. The van der Waals surface area contributed by atoms with Gasteiger partial charge in [0.2, 0.25) is 5.91 Å². The van der Waals surface area contributed by atoms with Crippen LogP contribution in [0.3, 0.4) is 0 Å². The van der Waals surface area contributed by atoms with E-state index in [9.17, 15) is 4.79 Å². The summed E-state index contributed by atoms with van der Waals surface area (Å²) in [6.07, 6.45) is 2.76. The van der Waals surface area contributed by atoms with E-state index in [-0.39, 0.29) is 11.9 Å². The van der Waals surface area contributed by atoms with Crippen LogP contribution in [0.4, 0.5) is 0 Å². The van der Waals surface area contributed by atoms with E-state index in [1.807, 2.05) is 20.8 Å². The largest absolute Gasteiger partial charge is 0.357 e. The summed E-state index contributed by atoms with van der Waals surface area (Å²) in [5.74, 6) is 1.51. The lowest BCUT2D eigenvalue weighted by atomic mass is 10.0. The van der Waals surface area contributed by atoms with Crippen molar-refractivity contribution in [2.75, 3.05) is 19.6 Å². The van der Waals surface area contributed by atoms with Crippen molar-refractivity contribution < 1.29 is 4.79 Å². The maximum atomic E-state index is 11.5. The second-order valence-electron chi connectivity index (χ2n) is 5.30. The Bertz CT molecular complexity index is 286. The molecule has 0 aliphatic carbocycles. The molecule has 0 aromatic carbocycles. The summed E-state index contributed by atoms with van der Waals surface area (Å²) in [5.41, 5.74) is 0. The van der Waals surface area contributed by atoms with Crippen LogP contribution in [0, 0.1) is 5.92 Å². The molecular formula is C15H32N4O. The topological polar surface area (TPSA) is 65.5 Å². The number of guanidine groups is 1. The van der Waals surface area contributed by atoms with E-state index < -0.39 is 0 Å². The van der Waals surface area contributed by atoms with Gasteiger partial charge in [-0.2, -0.15) is 0 Å². The highest BCUT2D eigenvalue weighted by molar-refractivity contribution is 5.81. The summed E-state index contributed by atoms with van der Waals surface area (Å²) in [6.45, 7) is 12.6. The van der Waals surface area contributed by atoms with Crippen molar-refractivity contribution in [2.45, 2.75) is 59.9 Å². The molecule has 0 aromatic heterocycles. The number of hydrogen-bond donors (Lipinski definition) is 3. The third-order valence-electron chi connectivity index (χ3n) is 3.10. The molecule has 20 heavy (non-hydrogen) atoms. The van der Waals surface area contributed by atoms with Gasteiger partial charge in [-0.3, -0.25) is 9.79 Å². The first-order chi connectivity index (χ1) is 9.53. The summed E-state index contributed by atoms with van der Waals surface area (Å²) >= 11 is 0. The molecule has 0 saturated heterocycles. The number of hydrogen-bond acceptors (Lipinski definition) is 2. The van der Waals surface area contributed by atoms with E-state index in [4.69, 9.17) is 0 Å². The number of nitrogens with zero attached hydrogens (tertiary/aromatic N) is 1. The summed E-state index contributed by atoms with van der Waals surface area (Å²) in [6, 6.07) is 0.194. The SMILES string of the molecule is CCNC(=NCC(CC)CC)NCCC(=O)NC(C)C. The highest BCUT2D eigenvalue weighted by atomic mass is 16.1. The van der Waals surface area contributed by atoms with Crippen LogP contribution in [-0.4, -0.2) is 37.5 Å². The lowest BCUT2D eigenvalue weighted by Gasteiger charge is -2.14. The van der Waals surface area contributed by atoms with Crippen LogP contribution in [0.25, 0.3) is 0 Å². The second kappa shape index (κ2) is 11.6. The summed E-state index contributed by atoms with van der Waals surface area (Å²) in [7, 11) is 0. The van der Waals surface area contributed by atoms with Crippen molar-refractivity contribution >= 4 is 11.9 Å². The minimum Gasteiger partial charge on any atom is -0.357 e. The number of nitrogens with one attached hydrogen (secondary N) is 3. The summed E-state index contributed by atoms with van der Waals surface area (Å²) < 4.78 is 0. The van der Waals surface area contributed by atoms with E-state index in [2.05, 4.69) is 34.8 Å². The van der Waals surface area contributed by atoms with Crippen LogP contribution in [0.15, 0.2) is 4.99 Å². The van der Waals surface area contributed by atoms with Gasteiger partial charge < -0.3 is 16.0 Å². The quantitative estimate of drug-likeness (QED) is 0.447. The van der Waals surface area contributed by atoms with Gasteiger partial charge in [0.05, 0.1) is 0 Å². The molecule has 0 atom stereocenters. The molecule has 0 bridgehead atoms. The predicted octanol–water partition coefficient (Wildman–Crippen LogP) is 1.89. The Morgan fingerprint density at radius 3 is 2.25 bits per heavy atom. The van der Waals surface area contributed by atoms with Crippen molar-refractivity contribution in [3.8, 4) is 0 Å². The molecule has 3 N–H and O–H groups in total. The average molecular weight is 284 g/mol. The molecule has 5 heteroatoms. The lowest BCUT2D eigenvalue weighted by molar-refractivity contribution is -0.121. The number of aliphatic imine (C=N–C) groups is 1. The molecule has 0 radical (unpaired) electrons. The van der Waals surface area contributed by atoms with Gasteiger partial charge >= 0.3 is 0 Å². The van der Waals surface area contributed by atoms with Gasteiger partial charge in [-0.05, 0) is 26.7 Å². The number of rotatable bonds is 9. The zero-order valence-electron chi connectivity index (χ0n) is 13.8. The predicted molar refractivity (Wildman–Crippen MR) is 85.9 cm³/mol. The minimum absolute atomic E-state index is 0.0725. The van der Waals surface area contributed by atoms with E-state index in [1.165, 1.54) is 0 Å². The van der Waals surface area contributed by atoms with Crippen LogP contribution in [0.5, 0.6) is 0 Å². The van der Waals surface area contributed by atoms with Gasteiger partial charge in [0.1, 0.15) is 0 Å². The molecular weight excluding hydrogens is 252 g/mol. The normalized spacial score (nSPS) is 11.8. The van der Waals surface area contributed by atoms with Gasteiger partial charge in [-0.25, -0.2) is 0 Å². The van der Waals surface area contributed by atoms with E-state index in [1.54, 1.807) is 0 Å². The maximum Gasteiger partial charge on any atom is 0.221 e. The van der Waals surface area contributed by atoms with Gasteiger partial charge in [0.25, 0.3) is 0 Å². The van der Waals surface area contributed by atoms with Crippen LogP contribution < -0.4 is 16.0 Å². The molecule has 0 aliphatic rings. The third kappa shape index (κ3) is 9.64. The van der Waals surface area contributed by atoms with Gasteiger partial charge in [-0.15, -0.1) is 0 Å². The highest BCUT2D eigenvalue weighted by Gasteiger charge is 2.05. The van der Waals surface area contributed by atoms with Gasteiger partial charge in [0.15, 0.2) is 5.96 Å². The number of carbonyl (C=O) groups is 1. The van der Waals surface area contributed by atoms with Crippen molar-refractivity contribution in [1.82, 2.24) is 16.0 Å². The molecule has 118 valence electrons. The Morgan fingerprint density at radius 1 is 1.10 bits per heavy atom. The fourth-order valence-corrected chi connectivity index (χ4v) is 1.80. The van der Waals surface area contributed by atoms with E-state index in [0.717, 1.165) is 31.9 Å². The first kappa shape index (κ1) is 18.7. The molecule has 1 amide bonds. The molecule has 0 fully saturated rings. The van der Waals surface area contributed by atoms with Crippen LogP contribution in [0.1, 0.15) is 53.9 Å². The van der Waals surface area contributed by atoms with Crippen molar-refractivity contribution in [3.05, 3.63) is 0 Å². The fraction of sp³-hybridized carbons (Fsp3) is 0.867. The van der Waals surface area contributed by atoms with E-state index in [0.29, 0.717) is 18.9 Å². The molecule has 0 heterocycles. The van der Waals surface area contributed by atoms with Crippen LogP contribution in [0.2, 0.25) is 0 Å². The Morgan fingerprint density at radius 2 is 1.75 bits per heavy atom. The van der Waals surface area contributed by atoms with Crippen LogP contribution in [-0.2, 0) is 4.79 Å². The Labute approximate surface area is 124 Å². The van der Waals surface area contributed by atoms with E-state index >= 15 is 0 Å².